The predicted molar refractivity (Wildman–Crippen MR) is 77.8 cm³/mol. The first kappa shape index (κ1) is 13.8. The number of nitrogens with two attached hydrogens (primary N) is 1. The summed E-state index contributed by atoms with van der Waals surface area (Å²) in [5.74, 6) is 0.659. The Morgan fingerprint density at radius 1 is 1.37 bits per heavy atom. The zero-order chi connectivity index (χ0) is 13.8. The topological polar surface area (TPSA) is 68.0 Å². The summed E-state index contributed by atoms with van der Waals surface area (Å²) < 4.78 is 0. The van der Waals surface area contributed by atoms with E-state index in [1.165, 1.54) is 32.1 Å². The molecule has 0 bridgehead atoms. The fourth-order valence-corrected chi connectivity index (χ4v) is 2.76. The molecule has 4 nitrogen and oxygen atoms in total. The van der Waals surface area contributed by atoms with Crippen LogP contribution >= 0.6 is 0 Å². The van der Waals surface area contributed by atoms with Gasteiger partial charge < -0.3 is 11.1 Å². The quantitative estimate of drug-likeness (QED) is 0.878. The Morgan fingerprint density at radius 3 is 2.74 bits per heavy atom. The highest BCUT2D eigenvalue weighted by atomic mass is 16.1. The van der Waals surface area contributed by atoms with Crippen molar-refractivity contribution >= 4 is 17.3 Å². The zero-order valence-electron chi connectivity index (χ0n) is 11.8. The number of aromatic nitrogens is 1. The van der Waals surface area contributed by atoms with E-state index in [1.807, 2.05) is 13.8 Å². The van der Waals surface area contributed by atoms with Gasteiger partial charge in [0.05, 0.1) is 23.8 Å². The number of hydrogen-bond acceptors (Lipinski definition) is 3. The van der Waals surface area contributed by atoms with Crippen molar-refractivity contribution in [3.05, 3.63) is 18.0 Å². The zero-order valence-corrected chi connectivity index (χ0v) is 11.8. The number of carbonyl (C=O) groups excluding carboxylic acids is 1. The number of amides is 1. The third-order valence-corrected chi connectivity index (χ3v) is 4.28. The molecule has 0 spiro atoms. The molecule has 0 aliphatic heterocycles. The molecular formula is C15H23N3O. The monoisotopic (exact) mass is 261 g/mol. The van der Waals surface area contributed by atoms with Crippen LogP contribution in [-0.4, -0.2) is 10.9 Å². The van der Waals surface area contributed by atoms with E-state index in [4.69, 9.17) is 5.73 Å². The highest BCUT2D eigenvalue weighted by molar-refractivity contribution is 5.93. The van der Waals surface area contributed by atoms with Gasteiger partial charge in [-0.15, -0.1) is 0 Å². The van der Waals surface area contributed by atoms with Crippen LogP contribution in [0, 0.1) is 18.8 Å². The highest BCUT2D eigenvalue weighted by Gasteiger charge is 2.25. The second kappa shape index (κ2) is 6.04. The lowest BCUT2D eigenvalue weighted by Crippen LogP contribution is -2.28. The molecule has 1 aliphatic rings. The van der Waals surface area contributed by atoms with Crippen LogP contribution in [0.5, 0.6) is 0 Å². The summed E-state index contributed by atoms with van der Waals surface area (Å²) >= 11 is 0. The van der Waals surface area contributed by atoms with Crippen molar-refractivity contribution < 1.29 is 4.79 Å². The summed E-state index contributed by atoms with van der Waals surface area (Å²) in [5, 5.41) is 2.97. The Kier molecular flexibility index (Phi) is 4.40. The van der Waals surface area contributed by atoms with Gasteiger partial charge in [-0.3, -0.25) is 9.78 Å². The Balaban J connectivity index is 2.01. The Morgan fingerprint density at radius 2 is 2.05 bits per heavy atom. The molecule has 1 aliphatic carbocycles. The van der Waals surface area contributed by atoms with Crippen LogP contribution in [-0.2, 0) is 4.79 Å². The van der Waals surface area contributed by atoms with Crippen molar-refractivity contribution in [1.82, 2.24) is 4.98 Å². The maximum absolute atomic E-state index is 12.3. The second-order valence-corrected chi connectivity index (χ2v) is 5.58. The number of rotatable bonds is 3. The van der Waals surface area contributed by atoms with Gasteiger partial charge in [-0.25, -0.2) is 0 Å². The SMILES string of the molecule is Cc1c(N)cncc1NC(=O)C(C)C1CCCCC1. The second-order valence-electron chi connectivity index (χ2n) is 5.58. The summed E-state index contributed by atoms with van der Waals surface area (Å²) in [7, 11) is 0. The molecule has 3 N–H and O–H groups in total. The number of anilines is 2. The van der Waals surface area contributed by atoms with Gasteiger partial charge in [0.1, 0.15) is 0 Å². The van der Waals surface area contributed by atoms with E-state index < -0.39 is 0 Å². The van der Waals surface area contributed by atoms with Crippen molar-refractivity contribution in [2.75, 3.05) is 11.1 Å². The number of carbonyl (C=O) groups is 1. The molecule has 1 saturated carbocycles. The summed E-state index contributed by atoms with van der Waals surface area (Å²) in [6, 6.07) is 0. The third kappa shape index (κ3) is 3.25. The molecule has 0 aromatic carbocycles. The number of nitrogen functional groups attached to an aromatic ring is 1. The maximum atomic E-state index is 12.3. The van der Waals surface area contributed by atoms with E-state index in [-0.39, 0.29) is 11.8 Å². The molecule has 1 atom stereocenters. The van der Waals surface area contributed by atoms with Crippen LogP contribution < -0.4 is 11.1 Å². The van der Waals surface area contributed by atoms with Gasteiger partial charge in [0, 0.05) is 5.92 Å². The summed E-state index contributed by atoms with van der Waals surface area (Å²) in [5.41, 5.74) is 8.03. The lowest BCUT2D eigenvalue weighted by Gasteiger charge is -2.27. The van der Waals surface area contributed by atoms with E-state index in [0.29, 0.717) is 11.6 Å². The smallest absolute Gasteiger partial charge is 0.227 e. The van der Waals surface area contributed by atoms with E-state index in [2.05, 4.69) is 10.3 Å². The molecular weight excluding hydrogens is 238 g/mol. The standard InChI is InChI=1S/C15H23N3O/c1-10(12-6-4-3-5-7-12)15(19)18-14-9-17-8-13(16)11(14)2/h8-10,12H,3-7,16H2,1-2H3,(H,18,19). The largest absolute Gasteiger partial charge is 0.397 e. The summed E-state index contributed by atoms with van der Waals surface area (Å²) in [6.07, 6.45) is 9.42. The molecule has 19 heavy (non-hydrogen) atoms. The Labute approximate surface area is 114 Å². The van der Waals surface area contributed by atoms with Crippen molar-refractivity contribution in [2.24, 2.45) is 11.8 Å². The molecule has 1 fully saturated rings. The molecule has 1 heterocycles. The Bertz CT molecular complexity index is 453. The van der Waals surface area contributed by atoms with Crippen LogP contribution in [0.1, 0.15) is 44.6 Å². The fourth-order valence-electron chi connectivity index (χ4n) is 2.76. The minimum absolute atomic E-state index is 0.0566. The molecule has 2 rings (SSSR count). The minimum Gasteiger partial charge on any atom is -0.397 e. The molecule has 104 valence electrons. The van der Waals surface area contributed by atoms with Gasteiger partial charge in [-0.1, -0.05) is 26.2 Å². The van der Waals surface area contributed by atoms with Crippen LogP contribution in [0.15, 0.2) is 12.4 Å². The molecule has 0 saturated heterocycles. The van der Waals surface area contributed by atoms with E-state index in [0.717, 1.165) is 11.3 Å². The van der Waals surface area contributed by atoms with Gasteiger partial charge >= 0.3 is 0 Å². The Hall–Kier alpha value is -1.58. The van der Waals surface area contributed by atoms with Gasteiger partial charge in [0.2, 0.25) is 5.91 Å². The number of hydrogen-bond donors (Lipinski definition) is 2. The molecule has 1 aromatic heterocycles. The summed E-state index contributed by atoms with van der Waals surface area (Å²) in [6.45, 7) is 3.93. The van der Waals surface area contributed by atoms with Gasteiger partial charge in [0.15, 0.2) is 0 Å². The minimum atomic E-state index is 0.0566. The first-order valence-corrected chi connectivity index (χ1v) is 7.10. The van der Waals surface area contributed by atoms with Crippen LogP contribution in [0.4, 0.5) is 11.4 Å². The van der Waals surface area contributed by atoms with Gasteiger partial charge in [0.25, 0.3) is 0 Å². The maximum Gasteiger partial charge on any atom is 0.227 e. The lowest BCUT2D eigenvalue weighted by molar-refractivity contribution is -0.121. The van der Waals surface area contributed by atoms with Gasteiger partial charge in [-0.05, 0) is 31.2 Å². The third-order valence-electron chi connectivity index (χ3n) is 4.28. The van der Waals surface area contributed by atoms with Crippen molar-refractivity contribution in [2.45, 2.75) is 46.0 Å². The van der Waals surface area contributed by atoms with Crippen molar-refractivity contribution in [1.29, 1.82) is 0 Å². The first-order chi connectivity index (χ1) is 9.09. The summed E-state index contributed by atoms with van der Waals surface area (Å²) in [4.78, 5) is 16.3. The van der Waals surface area contributed by atoms with Crippen molar-refractivity contribution in [3.63, 3.8) is 0 Å². The average molecular weight is 261 g/mol. The number of nitrogens with one attached hydrogen (secondary N) is 1. The first-order valence-electron chi connectivity index (χ1n) is 7.10. The van der Waals surface area contributed by atoms with Crippen LogP contribution in [0.2, 0.25) is 0 Å². The van der Waals surface area contributed by atoms with Crippen molar-refractivity contribution in [3.8, 4) is 0 Å². The van der Waals surface area contributed by atoms with E-state index in [1.54, 1.807) is 12.4 Å². The van der Waals surface area contributed by atoms with E-state index >= 15 is 0 Å². The fraction of sp³-hybridized carbons (Fsp3) is 0.600. The molecule has 1 amide bonds. The highest BCUT2D eigenvalue weighted by Crippen LogP contribution is 2.31. The predicted octanol–water partition coefficient (Wildman–Crippen LogP) is 3.13. The number of pyridine rings is 1. The van der Waals surface area contributed by atoms with Crippen LogP contribution in [0.3, 0.4) is 0 Å². The number of nitrogens with zero attached hydrogens (tertiary/aromatic N) is 1. The average Bonchev–Trinajstić information content (AvgIpc) is 2.44. The molecule has 1 unspecified atom stereocenters. The molecule has 4 heteroatoms. The van der Waals surface area contributed by atoms with Crippen LogP contribution in [0.25, 0.3) is 0 Å². The normalized spacial score (nSPS) is 18.0. The molecule has 1 aromatic rings. The molecule has 0 radical (unpaired) electrons. The lowest BCUT2D eigenvalue weighted by atomic mass is 9.80. The van der Waals surface area contributed by atoms with E-state index in [9.17, 15) is 4.79 Å². The van der Waals surface area contributed by atoms with Gasteiger partial charge in [-0.2, -0.15) is 0 Å².